The molecule has 1 fully saturated rings. The van der Waals surface area contributed by atoms with Gasteiger partial charge in [0.15, 0.2) is 5.78 Å². The molecule has 2 aliphatic rings. The van der Waals surface area contributed by atoms with E-state index in [1.807, 2.05) is 18.2 Å². The maximum atomic E-state index is 12.7. The molecule has 0 aromatic rings. The van der Waals surface area contributed by atoms with Crippen molar-refractivity contribution >= 4 is 20.1 Å². The van der Waals surface area contributed by atoms with E-state index >= 15 is 0 Å². The molecule has 2 rings (SSSR count). The highest BCUT2D eigenvalue weighted by Crippen LogP contribution is 2.43. The van der Waals surface area contributed by atoms with Gasteiger partial charge >= 0.3 is 5.97 Å². The first-order valence-corrected chi connectivity index (χ1v) is 10.9. The molecule has 21 heavy (non-hydrogen) atoms. The normalized spacial score (nSPS) is 29.2. The fraction of sp³-hybridized carbons (Fsp3) is 0.625. The van der Waals surface area contributed by atoms with Crippen LogP contribution in [0.3, 0.4) is 0 Å². The molecule has 1 saturated carbocycles. The molecule has 0 N–H and O–H groups in total. The Labute approximate surface area is 127 Å². The number of hydrogen-bond acceptors (Lipinski definition) is 4. The van der Waals surface area contributed by atoms with Gasteiger partial charge in [-0.3, -0.25) is 9.59 Å². The van der Waals surface area contributed by atoms with Gasteiger partial charge in [-0.2, -0.15) is 0 Å². The summed E-state index contributed by atoms with van der Waals surface area (Å²) in [4.78, 5) is 24.4. The topological polar surface area (TPSA) is 52.6 Å². The van der Waals surface area contributed by atoms with Crippen molar-refractivity contribution in [3.05, 3.63) is 24.0 Å². The van der Waals surface area contributed by atoms with E-state index in [-0.39, 0.29) is 5.78 Å². The Morgan fingerprint density at radius 3 is 2.62 bits per heavy atom. The highest BCUT2D eigenvalue weighted by molar-refractivity contribution is 6.70. The molecule has 0 aromatic heterocycles. The van der Waals surface area contributed by atoms with Gasteiger partial charge in [0, 0.05) is 0 Å². The number of ketones is 1. The quantitative estimate of drug-likeness (QED) is 0.456. The summed E-state index contributed by atoms with van der Waals surface area (Å²) in [5.74, 6) is -0.158. The van der Waals surface area contributed by atoms with Crippen molar-refractivity contribution in [2.75, 3.05) is 7.11 Å². The van der Waals surface area contributed by atoms with E-state index in [2.05, 4.69) is 19.6 Å². The van der Waals surface area contributed by atoms with Crippen LogP contribution in [-0.4, -0.2) is 27.2 Å². The third kappa shape index (κ3) is 3.46. The summed E-state index contributed by atoms with van der Waals surface area (Å²) in [6.07, 6.45) is 8.73. The molecule has 0 aliphatic heterocycles. The Balaban J connectivity index is 2.13. The van der Waals surface area contributed by atoms with Crippen LogP contribution in [0.15, 0.2) is 24.0 Å². The van der Waals surface area contributed by atoms with Crippen molar-refractivity contribution in [1.29, 1.82) is 0 Å². The van der Waals surface area contributed by atoms with Crippen molar-refractivity contribution in [2.45, 2.75) is 45.3 Å². The highest BCUT2D eigenvalue weighted by atomic mass is 28.4. The lowest BCUT2D eigenvalue weighted by Crippen LogP contribution is -2.42. The maximum absolute atomic E-state index is 12.7. The molecule has 0 amide bonds. The highest BCUT2D eigenvalue weighted by Gasteiger charge is 2.46. The first-order valence-electron chi connectivity index (χ1n) is 7.48. The number of hydrogen-bond donors (Lipinski definition) is 0. The number of methoxy groups -OCH3 is 1. The molecule has 0 bridgehead atoms. The van der Waals surface area contributed by atoms with E-state index in [1.165, 1.54) is 7.11 Å². The van der Waals surface area contributed by atoms with Crippen molar-refractivity contribution in [3.63, 3.8) is 0 Å². The summed E-state index contributed by atoms with van der Waals surface area (Å²) in [7, 11) is -0.298. The van der Waals surface area contributed by atoms with Crippen molar-refractivity contribution < 1.29 is 18.8 Å². The summed E-state index contributed by atoms with van der Waals surface area (Å²) < 4.78 is 10.7. The van der Waals surface area contributed by atoms with E-state index in [9.17, 15) is 9.59 Å². The second kappa shape index (κ2) is 5.79. The minimum atomic E-state index is -1.64. The fourth-order valence-corrected chi connectivity index (χ4v) is 3.91. The second-order valence-electron chi connectivity index (χ2n) is 6.85. The molecule has 0 saturated heterocycles. The Kier molecular flexibility index (Phi) is 4.42. The average molecular weight is 308 g/mol. The SMILES string of the molecule is COC(=O)C1CCCC2(C=CC(O[Si](C)(C)C)=CC2)C1=O. The summed E-state index contributed by atoms with van der Waals surface area (Å²) in [6, 6.07) is 0. The number of carbonyl (C=O) groups is 2. The van der Waals surface area contributed by atoms with Gasteiger partial charge in [-0.15, -0.1) is 0 Å². The zero-order chi connectivity index (χ0) is 15.7. The lowest BCUT2D eigenvalue weighted by atomic mass is 9.65. The molecule has 0 radical (unpaired) electrons. The molecule has 5 heteroatoms. The number of Topliss-reactive ketones (excluding diaryl/α,β-unsaturated/α-hetero) is 1. The van der Waals surface area contributed by atoms with E-state index in [4.69, 9.17) is 9.16 Å². The van der Waals surface area contributed by atoms with Crippen LogP contribution in [0.25, 0.3) is 0 Å². The largest absolute Gasteiger partial charge is 0.545 e. The van der Waals surface area contributed by atoms with Gasteiger partial charge in [0.2, 0.25) is 8.32 Å². The Hall–Kier alpha value is -1.36. The zero-order valence-electron chi connectivity index (χ0n) is 13.3. The second-order valence-corrected chi connectivity index (χ2v) is 11.3. The lowest BCUT2D eigenvalue weighted by Gasteiger charge is -2.37. The van der Waals surface area contributed by atoms with E-state index < -0.39 is 25.6 Å². The predicted molar refractivity (Wildman–Crippen MR) is 83.1 cm³/mol. The van der Waals surface area contributed by atoms with Crippen LogP contribution in [0, 0.1) is 11.3 Å². The van der Waals surface area contributed by atoms with Crippen LogP contribution in [0.5, 0.6) is 0 Å². The standard InChI is InChI=1S/C16H24O4Si/c1-19-15(18)13-6-5-9-16(14(13)17)10-7-12(8-11-16)20-21(2,3)4/h7-8,10,13H,5-6,9,11H2,1-4H3. The molecular weight excluding hydrogens is 284 g/mol. The van der Waals surface area contributed by atoms with E-state index in [0.717, 1.165) is 18.6 Å². The van der Waals surface area contributed by atoms with Gasteiger partial charge in [-0.1, -0.05) is 12.5 Å². The third-order valence-corrected chi connectivity index (χ3v) is 4.91. The minimum absolute atomic E-state index is 0.000142. The lowest BCUT2D eigenvalue weighted by molar-refractivity contribution is -0.153. The van der Waals surface area contributed by atoms with E-state index in [0.29, 0.717) is 12.8 Å². The molecule has 2 aliphatic carbocycles. The molecule has 2 unspecified atom stereocenters. The average Bonchev–Trinajstić information content (AvgIpc) is 2.42. The van der Waals surface area contributed by atoms with Gasteiger partial charge in [-0.05, 0) is 51.1 Å². The maximum Gasteiger partial charge on any atom is 0.316 e. The molecule has 2 atom stereocenters. The van der Waals surface area contributed by atoms with Crippen LogP contribution in [0.2, 0.25) is 19.6 Å². The smallest absolute Gasteiger partial charge is 0.316 e. The summed E-state index contributed by atoms with van der Waals surface area (Å²) >= 11 is 0. The Morgan fingerprint density at radius 1 is 1.38 bits per heavy atom. The first kappa shape index (κ1) is 16.0. The third-order valence-electron chi connectivity index (χ3n) is 4.07. The van der Waals surface area contributed by atoms with Gasteiger partial charge in [-0.25, -0.2) is 0 Å². The zero-order valence-corrected chi connectivity index (χ0v) is 14.3. The predicted octanol–water partition coefficient (Wildman–Crippen LogP) is 3.21. The first-order chi connectivity index (χ1) is 9.77. The molecule has 0 aromatic carbocycles. The summed E-state index contributed by atoms with van der Waals surface area (Å²) in [6.45, 7) is 6.39. The van der Waals surface area contributed by atoms with Crippen molar-refractivity contribution in [1.82, 2.24) is 0 Å². The van der Waals surface area contributed by atoms with Gasteiger partial charge < -0.3 is 9.16 Å². The number of ether oxygens (including phenoxy) is 1. The molecule has 4 nitrogen and oxygen atoms in total. The van der Waals surface area contributed by atoms with E-state index in [1.54, 1.807) is 0 Å². The number of allylic oxidation sites excluding steroid dienone is 3. The number of esters is 1. The van der Waals surface area contributed by atoms with Gasteiger partial charge in [0.1, 0.15) is 5.92 Å². The summed E-state index contributed by atoms with van der Waals surface area (Å²) in [5.41, 5.74) is -0.538. The Morgan fingerprint density at radius 2 is 2.10 bits per heavy atom. The van der Waals surface area contributed by atoms with Crippen molar-refractivity contribution in [3.8, 4) is 0 Å². The number of rotatable bonds is 3. The molecule has 1 spiro atoms. The van der Waals surface area contributed by atoms with Crippen LogP contribution in [0.4, 0.5) is 0 Å². The Bertz CT molecular complexity index is 501. The van der Waals surface area contributed by atoms with Gasteiger partial charge in [0.05, 0.1) is 18.3 Å². The van der Waals surface area contributed by atoms with Crippen molar-refractivity contribution in [2.24, 2.45) is 11.3 Å². The molecule has 116 valence electrons. The van der Waals surface area contributed by atoms with Crippen LogP contribution in [-0.2, 0) is 18.8 Å². The number of carbonyl (C=O) groups excluding carboxylic acids is 2. The minimum Gasteiger partial charge on any atom is -0.545 e. The fourth-order valence-electron chi connectivity index (χ4n) is 3.05. The van der Waals surface area contributed by atoms with Crippen LogP contribution in [0.1, 0.15) is 25.7 Å². The summed E-state index contributed by atoms with van der Waals surface area (Å²) in [5, 5.41) is 0. The van der Waals surface area contributed by atoms with Crippen LogP contribution >= 0.6 is 0 Å². The van der Waals surface area contributed by atoms with Crippen LogP contribution < -0.4 is 0 Å². The van der Waals surface area contributed by atoms with Gasteiger partial charge in [0.25, 0.3) is 0 Å². The monoisotopic (exact) mass is 308 g/mol. The molecule has 0 heterocycles. The molecular formula is C16H24O4Si.